The van der Waals surface area contributed by atoms with E-state index < -0.39 is 0 Å². The first kappa shape index (κ1) is 8.05. The summed E-state index contributed by atoms with van der Waals surface area (Å²) in [5, 5.41) is 0.777. The highest BCUT2D eigenvalue weighted by molar-refractivity contribution is 9.09. The summed E-state index contributed by atoms with van der Waals surface area (Å²) < 4.78 is 5.14. The molecule has 0 aromatic heterocycles. The van der Waals surface area contributed by atoms with E-state index >= 15 is 0 Å². The second-order valence-electron chi connectivity index (χ2n) is 2.76. The zero-order chi connectivity index (χ0) is 7.61. The molecule has 0 bridgehead atoms. The Bertz CT molecular complexity index is 135. The van der Waals surface area contributed by atoms with Crippen molar-refractivity contribution in [3.05, 3.63) is 0 Å². The molecule has 3 heteroatoms. The van der Waals surface area contributed by atoms with Crippen LogP contribution in [-0.4, -0.2) is 16.9 Å². The Morgan fingerprint density at radius 2 is 2.30 bits per heavy atom. The predicted molar refractivity (Wildman–Crippen MR) is 42.1 cm³/mol. The van der Waals surface area contributed by atoms with Crippen LogP contribution < -0.4 is 0 Å². The number of ether oxygens (including phenoxy) is 1. The molecule has 0 saturated heterocycles. The van der Waals surface area contributed by atoms with Crippen molar-refractivity contribution in [2.24, 2.45) is 0 Å². The van der Waals surface area contributed by atoms with Gasteiger partial charge in [0.05, 0.1) is 0 Å². The maximum atomic E-state index is 10.6. The SMILES string of the molecule is CC(=O)OC1(CBr)CCC1. The quantitative estimate of drug-likeness (QED) is 0.510. The van der Waals surface area contributed by atoms with Crippen LogP contribution in [0.15, 0.2) is 0 Å². The molecule has 0 N–H and O–H groups in total. The second kappa shape index (κ2) is 2.91. The van der Waals surface area contributed by atoms with Gasteiger partial charge in [0.2, 0.25) is 0 Å². The fourth-order valence-corrected chi connectivity index (χ4v) is 1.81. The molecule has 0 aromatic rings. The van der Waals surface area contributed by atoms with E-state index in [1.54, 1.807) is 0 Å². The molecular formula is C7H11BrO2. The molecule has 1 aliphatic rings. The molecule has 0 heterocycles. The van der Waals surface area contributed by atoms with E-state index in [1.165, 1.54) is 13.3 Å². The van der Waals surface area contributed by atoms with Gasteiger partial charge in [0, 0.05) is 12.3 Å². The number of esters is 1. The average Bonchev–Trinajstić information content (AvgIpc) is 1.78. The van der Waals surface area contributed by atoms with E-state index in [0.717, 1.165) is 18.2 Å². The van der Waals surface area contributed by atoms with Gasteiger partial charge in [0.1, 0.15) is 5.60 Å². The van der Waals surface area contributed by atoms with Crippen LogP contribution in [0.4, 0.5) is 0 Å². The zero-order valence-corrected chi connectivity index (χ0v) is 7.61. The predicted octanol–water partition coefficient (Wildman–Crippen LogP) is 1.87. The van der Waals surface area contributed by atoms with Crippen LogP contribution in [0.5, 0.6) is 0 Å². The standard InChI is InChI=1S/C7H11BrO2/c1-6(9)10-7(5-8)3-2-4-7/h2-5H2,1H3. The van der Waals surface area contributed by atoms with Gasteiger partial charge in [-0.2, -0.15) is 0 Å². The minimum Gasteiger partial charge on any atom is -0.458 e. The molecule has 0 aliphatic heterocycles. The Morgan fingerprint density at radius 3 is 2.40 bits per heavy atom. The number of rotatable bonds is 2. The number of carbonyl (C=O) groups excluding carboxylic acids is 1. The number of carbonyl (C=O) groups is 1. The van der Waals surface area contributed by atoms with Gasteiger partial charge in [-0.15, -0.1) is 0 Å². The first-order chi connectivity index (χ1) is 4.68. The summed E-state index contributed by atoms with van der Waals surface area (Å²) in [6.45, 7) is 1.46. The molecule has 10 heavy (non-hydrogen) atoms. The molecule has 2 nitrogen and oxygen atoms in total. The van der Waals surface area contributed by atoms with E-state index in [2.05, 4.69) is 15.9 Å². The van der Waals surface area contributed by atoms with Crippen molar-refractivity contribution in [1.29, 1.82) is 0 Å². The minimum absolute atomic E-state index is 0.147. The smallest absolute Gasteiger partial charge is 0.303 e. The highest BCUT2D eigenvalue weighted by Crippen LogP contribution is 2.36. The molecule has 58 valence electrons. The first-order valence-electron chi connectivity index (χ1n) is 3.44. The molecule has 0 unspecified atom stereocenters. The van der Waals surface area contributed by atoms with E-state index in [0.29, 0.717) is 0 Å². The molecule has 0 atom stereocenters. The lowest BCUT2D eigenvalue weighted by molar-refractivity contribution is -0.162. The van der Waals surface area contributed by atoms with Crippen molar-refractivity contribution in [2.75, 3.05) is 5.33 Å². The van der Waals surface area contributed by atoms with Crippen LogP contribution in [0.3, 0.4) is 0 Å². The van der Waals surface area contributed by atoms with Crippen molar-refractivity contribution in [2.45, 2.75) is 31.8 Å². The Labute approximate surface area is 69.1 Å². The number of hydrogen-bond donors (Lipinski definition) is 0. The van der Waals surface area contributed by atoms with Gasteiger partial charge in [-0.3, -0.25) is 4.79 Å². The van der Waals surface area contributed by atoms with Gasteiger partial charge in [-0.25, -0.2) is 0 Å². The molecular weight excluding hydrogens is 196 g/mol. The zero-order valence-electron chi connectivity index (χ0n) is 6.02. The van der Waals surface area contributed by atoms with E-state index in [9.17, 15) is 4.79 Å². The van der Waals surface area contributed by atoms with Gasteiger partial charge in [-0.1, -0.05) is 15.9 Å². The number of alkyl halides is 1. The third kappa shape index (κ3) is 1.51. The van der Waals surface area contributed by atoms with Crippen LogP contribution in [-0.2, 0) is 9.53 Å². The van der Waals surface area contributed by atoms with Crippen LogP contribution in [0.1, 0.15) is 26.2 Å². The van der Waals surface area contributed by atoms with Gasteiger partial charge in [-0.05, 0) is 19.3 Å². The van der Waals surface area contributed by atoms with Crippen molar-refractivity contribution in [1.82, 2.24) is 0 Å². The molecule has 1 fully saturated rings. The Morgan fingerprint density at radius 1 is 1.70 bits per heavy atom. The maximum absolute atomic E-state index is 10.6. The molecule has 1 rings (SSSR count). The Balaban J connectivity index is 2.40. The van der Waals surface area contributed by atoms with Crippen molar-refractivity contribution >= 4 is 21.9 Å². The molecule has 0 amide bonds. The number of halogens is 1. The van der Waals surface area contributed by atoms with Crippen LogP contribution in [0.25, 0.3) is 0 Å². The van der Waals surface area contributed by atoms with Gasteiger partial charge in [0.25, 0.3) is 0 Å². The summed E-state index contributed by atoms with van der Waals surface area (Å²) in [4.78, 5) is 10.6. The Kier molecular flexibility index (Phi) is 2.34. The lowest BCUT2D eigenvalue weighted by Crippen LogP contribution is -2.43. The summed E-state index contributed by atoms with van der Waals surface area (Å²) in [6, 6.07) is 0. The lowest BCUT2D eigenvalue weighted by Gasteiger charge is -2.39. The third-order valence-electron chi connectivity index (χ3n) is 1.87. The fraction of sp³-hybridized carbons (Fsp3) is 0.857. The third-order valence-corrected chi connectivity index (χ3v) is 2.89. The monoisotopic (exact) mass is 206 g/mol. The second-order valence-corrected chi connectivity index (χ2v) is 3.32. The normalized spacial score (nSPS) is 21.4. The summed E-state index contributed by atoms with van der Waals surface area (Å²) in [5.41, 5.74) is -0.147. The van der Waals surface area contributed by atoms with Gasteiger partial charge in [0.15, 0.2) is 0 Å². The van der Waals surface area contributed by atoms with Gasteiger partial charge < -0.3 is 4.74 Å². The highest BCUT2D eigenvalue weighted by Gasteiger charge is 2.38. The highest BCUT2D eigenvalue weighted by atomic mass is 79.9. The molecule has 1 aliphatic carbocycles. The number of hydrogen-bond acceptors (Lipinski definition) is 2. The van der Waals surface area contributed by atoms with E-state index in [-0.39, 0.29) is 11.6 Å². The van der Waals surface area contributed by atoms with Crippen molar-refractivity contribution in [3.63, 3.8) is 0 Å². The van der Waals surface area contributed by atoms with Crippen molar-refractivity contribution < 1.29 is 9.53 Å². The summed E-state index contributed by atoms with van der Waals surface area (Å²) in [7, 11) is 0. The molecule has 0 spiro atoms. The van der Waals surface area contributed by atoms with E-state index in [4.69, 9.17) is 4.74 Å². The summed E-state index contributed by atoms with van der Waals surface area (Å²) in [5.74, 6) is -0.167. The topological polar surface area (TPSA) is 26.3 Å². The van der Waals surface area contributed by atoms with Crippen molar-refractivity contribution in [3.8, 4) is 0 Å². The lowest BCUT2D eigenvalue weighted by atomic mass is 9.82. The molecule has 0 aromatic carbocycles. The molecule has 1 saturated carbocycles. The maximum Gasteiger partial charge on any atom is 0.303 e. The molecule has 0 radical (unpaired) electrons. The minimum atomic E-state index is -0.167. The summed E-state index contributed by atoms with van der Waals surface area (Å²) in [6.07, 6.45) is 3.20. The fourth-order valence-electron chi connectivity index (χ4n) is 1.14. The van der Waals surface area contributed by atoms with Gasteiger partial charge >= 0.3 is 5.97 Å². The summed E-state index contributed by atoms with van der Waals surface area (Å²) >= 11 is 3.33. The van der Waals surface area contributed by atoms with Crippen LogP contribution in [0.2, 0.25) is 0 Å². The first-order valence-corrected chi connectivity index (χ1v) is 4.56. The Hall–Kier alpha value is -0.0500. The largest absolute Gasteiger partial charge is 0.458 e. The average molecular weight is 207 g/mol. The van der Waals surface area contributed by atoms with E-state index in [1.807, 2.05) is 0 Å². The van der Waals surface area contributed by atoms with Crippen LogP contribution in [0, 0.1) is 0 Å². The van der Waals surface area contributed by atoms with Crippen LogP contribution >= 0.6 is 15.9 Å².